The van der Waals surface area contributed by atoms with E-state index in [9.17, 15) is 4.39 Å². The number of nitrogens with one attached hydrogen (secondary N) is 1. The van der Waals surface area contributed by atoms with Crippen LogP contribution < -0.4 is 10.2 Å². The highest BCUT2D eigenvalue weighted by Gasteiger charge is 2.21. The molecule has 1 aliphatic rings. The molecule has 20 heavy (non-hydrogen) atoms. The van der Waals surface area contributed by atoms with E-state index in [1.807, 2.05) is 6.07 Å². The van der Waals surface area contributed by atoms with Gasteiger partial charge in [-0.3, -0.25) is 0 Å². The fraction of sp³-hybridized carbons (Fsp3) is 0.647. The average molecular weight is 278 g/mol. The minimum absolute atomic E-state index is 0.138. The van der Waals surface area contributed by atoms with E-state index in [1.54, 1.807) is 12.1 Å². The van der Waals surface area contributed by atoms with Crippen LogP contribution in [0.25, 0.3) is 0 Å². The zero-order valence-electron chi connectivity index (χ0n) is 13.0. The Morgan fingerprint density at radius 1 is 1.35 bits per heavy atom. The highest BCUT2D eigenvalue weighted by Crippen LogP contribution is 2.25. The Morgan fingerprint density at radius 2 is 2.10 bits per heavy atom. The third kappa shape index (κ3) is 4.20. The summed E-state index contributed by atoms with van der Waals surface area (Å²) in [5.74, 6) is 0.519. The lowest BCUT2D eigenvalue weighted by molar-refractivity contribution is 0.545. The van der Waals surface area contributed by atoms with E-state index < -0.39 is 0 Å². The zero-order valence-corrected chi connectivity index (χ0v) is 13.0. The van der Waals surface area contributed by atoms with Crippen molar-refractivity contribution in [1.82, 2.24) is 5.32 Å². The summed E-state index contributed by atoms with van der Waals surface area (Å²) >= 11 is 0. The summed E-state index contributed by atoms with van der Waals surface area (Å²) in [6, 6.07) is 5.85. The first-order chi connectivity index (χ1) is 9.63. The van der Waals surface area contributed by atoms with Crippen molar-refractivity contribution in [3.8, 4) is 0 Å². The summed E-state index contributed by atoms with van der Waals surface area (Å²) in [7, 11) is 0. The van der Waals surface area contributed by atoms with E-state index in [0.717, 1.165) is 25.2 Å². The number of anilines is 1. The van der Waals surface area contributed by atoms with Gasteiger partial charge in [0.25, 0.3) is 0 Å². The fourth-order valence-electron chi connectivity index (χ4n) is 2.45. The van der Waals surface area contributed by atoms with Crippen LogP contribution in [-0.4, -0.2) is 19.1 Å². The summed E-state index contributed by atoms with van der Waals surface area (Å²) in [6.07, 6.45) is 3.69. The Hall–Kier alpha value is -1.09. The first-order valence-corrected chi connectivity index (χ1v) is 7.90. The van der Waals surface area contributed by atoms with Gasteiger partial charge in [0.2, 0.25) is 0 Å². The molecule has 0 aromatic heterocycles. The van der Waals surface area contributed by atoms with E-state index in [1.165, 1.54) is 24.9 Å². The van der Waals surface area contributed by atoms with Crippen LogP contribution in [0, 0.1) is 11.7 Å². The third-order valence-electron chi connectivity index (χ3n) is 4.15. The monoisotopic (exact) mass is 278 g/mol. The van der Waals surface area contributed by atoms with E-state index in [-0.39, 0.29) is 5.82 Å². The maximum absolute atomic E-state index is 13.5. The summed E-state index contributed by atoms with van der Waals surface area (Å²) < 4.78 is 13.5. The molecule has 1 unspecified atom stereocenters. The van der Waals surface area contributed by atoms with Crippen LogP contribution >= 0.6 is 0 Å². The molecule has 0 radical (unpaired) electrons. The van der Waals surface area contributed by atoms with Crippen LogP contribution in [0.3, 0.4) is 0 Å². The first kappa shape index (κ1) is 15.3. The predicted molar refractivity (Wildman–Crippen MR) is 83.6 cm³/mol. The molecule has 1 fully saturated rings. The van der Waals surface area contributed by atoms with Gasteiger partial charge in [-0.2, -0.15) is 0 Å². The normalized spacial score (nSPS) is 16.2. The van der Waals surface area contributed by atoms with E-state index in [2.05, 4.69) is 31.0 Å². The van der Waals surface area contributed by atoms with Crippen molar-refractivity contribution in [3.05, 3.63) is 29.6 Å². The minimum atomic E-state index is -0.138. The molecule has 0 aliphatic heterocycles. The molecule has 1 aliphatic carbocycles. The SMILES string of the molecule is CCC(C)CN(CC)c1ccc(F)cc1CNC1CC1. The summed E-state index contributed by atoms with van der Waals surface area (Å²) in [4.78, 5) is 2.37. The van der Waals surface area contributed by atoms with Gasteiger partial charge in [-0.25, -0.2) is 4.39 Å². The molecule has 1 aromatic carbocycles. The number of hydrogen-bond acceptors (Lipinski definition) is 2. The molecule has 2 rings (SSSR count). The van der Waals surface area contributed by atoms with E-state index >= 15 is 0 Å². The number of benzene rings is 1. The molecule has 1 aromatic rings. The van der Waals surface area contributed by atoms with Crippen molar-refractivity contribution in [2.45, 2.75) is 52.6 Å². The zero-order chi connectivity index (χ0) is 14.5. The lowest BCUT2D eigenvalue weighted by atomic mass is 10.1. The van der Waals surface area contributed by atoms with Crippen LogP contribution in [0.1, 0.15) is 45.6 Å². The van der Waals surface area contributed by atoms with Crippen molar-refractivity contribution in [3.63, 3.8) is 0 Å². The van der Waals surface area contributed by atoms with Crippen LogP contribution in [0.2, 0.25) is 0 Å². The van der Waals surface area contributed by atoms with Crippen molar-refractivity contribution in [2.75, 3.05) is 18.0 Å². The van der Waals surface area contributed by atoms with Crippen LogP contribution in [0.4, 0.5) is 10.1 Å². The largest absolute Gasteiger partial charge is 0.371 e. The Balaban J connectivity index is 2.13. The van der Waals surface area contributed by atoms with Crippen LogP contribution in [-0.2, 0) is 6.54 Å². The van der Waals surface area contributed by atoms with Crippen molar-refractivity contribution in [1.29, 1.82) is 0 Å². The van der Waals surface area contributed by atoms with E-state index in [0.29, 0.717) is 12.0 Å². The number of nitrogens with zero attached hydrogens (tertiary/aromatic N) is 1. The van der Waals surface area contributed by atoms with Gasteiger partial charge in [-0.1, -0.05) is 20.3 Å². The molecule has 1 atom stereocenters. The maximum atomic E-state index is 13.5. The molecule has 0 saturated heterocycles. The molecule has 1 N–H and O–H groups in total. The Kier molecular flexibility index (Phi) is 5.41. The van der Waals surface area contributed by atoms with Crippen molar-refractivity contribution in [2.24, 2.45) is 5.92 Å². The molecule has 0 bridgehead atoms. The topological polar surface area (TPSA) is 15.3 Å². The average Bonchev–Trinajstić information content (AvgIpc) is 3.27. The second-order valence-electron chi connectivity index (χ2n) is 5.98. The maximum Gasteiger partial charge on any atom is 0.123 e. The molecule has 3 heteroatoms. The standard InChI is InChI=1S/C17H27FN2/c1-4-13(3)12-20(5-2)17-9-6-15(18)10-14(17)11-19-16-7-8-16/h6,9-10,13,16,19H,4-5,7-8,11-12H2,1-3H3. The lowest BCUT2D eigenvalue weighted by Gasteiger charge is -2.28. The Labute approximate surface area is 122 Å². The van der Waals surface area contributed by atoms with Crippen molar-refractivity contribution < 1.29 is 4.39 Å². The quantitative estimate of drug-likeness (QED) is 0.774. The second-order valence-corrected chi connectivity index (χ2v) is 5.98. The highest BCUT2D eigenvalue weighted by molar-refractivity contribution is 5.54. The number of rotatable bonds is 8. The van der Waals surface area contributed by atoms with Gasteiger partial charge in [0, 0.05) is 31.4 Å². The minimum Gasteiger partial charge on any atom is -0.371 e. The lowest BCUT2D eigenvalue weighted by Crippen LogP contribution is -2.30. The fourth-order valence-corrected chi connectivity index (χ4v) is 2.45. The van der Waals surface area contributed by atoms with Gasteiger partial charge in [-0.05, 0) is 49.4 Å². The van der Waals surface area contributed by atoms with Crippen LogP contribution in [0.15, 0.2) is 18.2 Å². The molecule has 0 amide bonds. The van der Waals surface area contributed by atoms with E-state index in [4.69, 9.17) is 0 Å². The first-order valence-electron chi connectivity index (χ1n) is 7.90. The second kappa shape index (κ2) is 7.07. The van der Waals surface area contributed by atoms with Crippen LogP contribution in [0.5, 0.6) is 0 Å². The summed E-state index contributed by atoms with van der Waals surface area (Å²) in [6.45, 7) is 9.44. The third-order valence-corrected chi connectivity index (χ3v) is 4.15. The Bertz CT molecular complexity index is 429. The number of hydrogen-bond donors (Lipinski definition) is 1. The summed E-state index contributed by atoms with van der Waals surface area (Å²) in [5.41, 5.74) is 2.27. The molecule has 2 nitrogen and oxygen atoms in total. The number of halogens is 1. The van der Waals surface area contributed by atoms with Crippen molar-refractivity contribution >= 4 is 5.69 Å². The van der Waals surface area contributed by atoms with Gasteiger partial charge < -0.3 is 10.2 Å². The highest BCUT2D eigenvalue weighted by atomic mass is 19.1. The smallest absolute Gasteiger partial charge is 0.123 e. The Morgan fingerprint density at radius 3 is 2.70 bits per heavy atom. The summed E-state index contributed by atoms with van der Waals surface area (Å²) in [5, 5.41) is 3.49. The van der Waals surface area contributed by atoms with Gasteiger partial charge in [0.1, 0.15) is 5.82 Å². The van der Waals surface area contributed by atoms with Gasteiger partial charge >= 0.3 is 0 Å². The molecule has 0 heterocycles. The molecule has 1 saturated carbocycles. The van der Waals surface area contributed by atoms with Gasteiger partial charge in [0.15, 0.2) is 0 Å². The molecule has 0 spiro atoms. The molecule has 112 valence electrons. The molecular weight excluding hydrogens is 251 g/mol. The molecular formula is C17H27FN2. The van der Waals surface area contributed by atoms with Gasteiger partial charge in [0.05, 0.1) is 0 Å². The van der Waals surface area contributed by atoms with Gasteiger partial charge in [-0.15, -0.1) is 0 Å². The predicted octanol–water partition coefficient (Wildman–Crippen LogP) is 3.95.